The molecule has 1 aromatic rings. The van der Waals surface area contributed by atoms with E-state index in [0.717, 1.165) is 23.8 Å². The van der Waals surface area contributed by atoms with Gasteiger partial charge in [-0.25, -0.2) is 4.98 Å². The number of likely N-dealkylation sites (tertiary alicyclic amines) is 1. The Morgan fingerprint density at radius 3 is 2.50 bits per heavy atom. The molecular weight excluding hydrogens is 300 g/mol. The van der Waals surface area contributed by atoms with E-state index in [1.165, 1.54) is 17.8 Å². The van der Waals surface area contributed by atoms with Gasteiger partial charge in [-0.2, -0.15) is 0 Å². The molecule has 0 radical (unpaired) electrons. The third-order valence-corrected chi connectivity index (χ3v) is 4.60. The number of nitrogens with zero attached hydrogens (tertiary/aromatic N) is 2. The predicted octanol–water partition coefficient (Wildman–Crippen LogP) is 1.12. The highest BCUT2D eigenvalue weighted by molar-refractivity contribution is 7.09. The second kappa shape index (κ2) is 7.69. The Morgan fingerprint density at radius 1 is 1.27 bits per heavy atom. The molecule has 2 N–H and O–H groups in total. The van der Waals surface area contributed by atoms with Crippen molar-refractivity contribution in [2.45, 2.75) is 33.6 Å². The van der Waals surface area contributed by atoms with Crippen LogP contribution in [0, 0.1) is 18.8 Å². The maximum absolute atomic E-state index is 11.9. The largest absolute Gasteiger partial charge is 0.294 e. The second-order valence-corrected chi connectivity index (χ2v) is 7.24. The molecule has 0 aromatic carbocycles. The van der Waals surface area contributed by atoms with Gasteiger partial charge in [0, 0.05) is 24.2 Å². The maximum Gasteiger partial charge on any atom is 0.252 e. The van der Waals surface area contributed by atoms with Crippen LogP contribution in [0.15, 0.2) is 5.38 Å². The van der Waals surface area contributed by atoms with E-state index >= 15 is 0 Å². The number of hydrogen-bond donors (Lipinski definition) is 2. The highest BCUT2D eigenvalue weighted by Crippen LogP contribution is 2.20. The van der Waals surface area contributed by atoms with Gasteiger partial charge in [0.15, 0.2) is 0 Å². The fraction of sp³-hybridized carbons (Fsp3) is 0.667. The lowest BCUT2D eigenvalue weighted by Gasteiger charge is -2.34. The molecule has 2 amide bonds. The first-order chi connectivity index (χ1) is 10.4. The minimum absolute atomic E-state index is 0.176. The first-order valence-corrected chi connectivity index (χ1v) is 8.51. The number of carbonyl (C=O) groups excluding carboxylic acids is 2. The molecule has 0 saturated carbocycles. The molecule has 1 aromatic heterocycles. The van der Waals surface area contributed by atoms with Gasteiger partial charge in [0.1, 0.15) is 5.01 Å². The number of carbonyl (C=O) groups is 2. The standard InChI is InChI=1S/C15H24N4O2S/c1-10-4-11(2)7-19(6-10)8-14(21)18-17-13(20)5-15-16-12(3)9-22-15/h9-11H,4-8H2,1-3H3,(H,17,20)(H,18,21)/t10-,11+. The number of nitrogens with one attached hydrogen (secondary N) is 2. The molecule has 2 heterocycles. The van der Waals surface area contributed by atoms with Gasteiger partial charge >= 0.3 is 0 Å². The van der Waals surface area contributed by atoms with Crippen molar-refractivity contribution in [3.63, 3.8) is 0 Å². The Bertz CT molecular complexity index is 521. The smallest absolute Gasteiger partial charge is 0.252 e. The summed E-state index contributed by atoms with van der Waals surface area (Å²) in [5.41, 5.74) is 5.84. The summed E-state index contributed by atoms with van der Waals surface area (Å²) < 4.78 is 0. The van der Waals surface area contributed by atoms with Gasteiger partial charge in [0.05, 0.1) is 13.0 Å². The molecule has 1 aliphatic heterocycles. The minimum atomic E-state index is -0.247. The third kappa shape index (κ3) is 5.38. The first kappa shape index (κ1) is 16.9. The van der Waals surface area contributed by atoms with Crippen molar-refractivity contribution in [3.05, 3.63) is 16.1 Å². The molecule has 2 rings (SSSR count). The van der Waals surface area contributed by atoms with Crippen LogP contribution in [-0.4, -0.2) is 41.3 Å². The van der Waals surface area contributed by atoms with E-state index in [-0.39, 0.29) is 18.2 Å². The zero-order chi connectivity index (χ0) is 16.1. The summed E-state index contributed by atoms with van der Waals surface area (Å²) >= 11 is 1.45. The summed E-state index contributed by atoms with van der Waals surface area (Å²) in [6.45, 7) is 8.50. The number of hydrogen-bond acceptors (Lipinski definition) is 5. The number of hydrazine groups is 1. The van der Waals surface area contributed by atoms with E-state index in [0.29, 0.717) is 18.4 Å². The monoisotopic (exact) mass is 324 g/mol. The Labute approximate surface area is 135 Å². The van der Waals surface area contributed by atoms with Crippen LogP contribution in [0.4, 0.5) is 0 Å². The van der Waals surface area contributed by atoms with Crippen LogP contribution in [0.25, 0.3) is 0 Å². The number of thiazole rings is 1. The Morgan fingerprint density at radius 2 is 1.91 bits per heavy atom. The van der Waals surface area contributed by atoms with E-state index in [4.69, 9.17) is 0 Å². The Kier molecular flexibility index (Phi) is 5.90. The molecule has 0 aliphatic carbocycles. The van der Waals surface area contributed by atoms with Crippen molar-refractivity contribution in [1.82, 2.24) is 20.7 Å². The van der Waals surface area contributed by atoms with Crippen LogP contribution in [0.2, 0.25) is 0 Å². The van der Waals surface area contributed by atoms with Gasteiger partial charge in [-0.05, 0) is 25.2 Å². The fourth-order valence-electron chi connectivity index (χ4n) is 2.97. The second-order valence-electron chi connectivity index (χ2n) is 6.30. The fourth-order valence-corrected chi connectivity index (χ4v) is 3.74. The lowest BCUT2D eigenvalue weighted by Crippen LogP contribution is -2.49. The van der Waals surface area contributed by atoms with Gasteiger partial charge in [-0.3, -0.25) is 25.3 Å². The molecule has 1 aliphatic rings. The predicted molar refractivity (Wildman–Crippen MR) is 86.2 cm³/mol. The summed E-state index contributed by atoms with van der Waals surface area (Å²) in [6.07, 6.45) is 1.40. The lowest BCUT2D eigenvalue weighted by molar-refractivity contribution is -0.129. The van der Waals surface area contributed by atoms with Gasteiger partial charge in [0.25, 0.3) is 5.91 Å². The van der Waals surface area contributed by atoms with Crippen LogP contribution >= 0.6 is 11.3 Å². The lowest BCUT2D eigenvalue weighted by atomic mass is 9.92. The molecule has 6 nitrogen and oxygen atoms in total. The van der Waals surface area contributed by atoms with Crippen molar-refractivity contribution < 1.29 is 9.59 Å². The molecular formula is C15H24N4O2S. The molecule has 22 heavy (non-hydrogen) atoms. The molecule has 0 bridgehead atoms. The average Bonchev–Trinajstić information content (AvgIpc) is 2.80. The van der Waals surface area contributed by atoms with Crippen LogP contribution < -0.4 is 10.9 Å². The molecule has 7 heteroatoms. The molecule has 2 atom stereocenters. The van der Waals surface area contributed by atoms with Crippen molar-refractivity contribution in [1.29, 1.82) is 0 Å². The van der Waals surface area contributed by atoms with Crippen LogP contribution in [0.1, 0.15) is 31.0 Å². The number of amides is 2. The van der Waals surface area contributed by atoms with Gasteiger partial charge in [0.2, 0.25) is 5.91 Å². The van der Waals surface area contributed by atoms with Crippen LogP contribution in [-0.2, 0) is 16.0 Å². The molecule has 0 unspecified atom stereocenters. The molecule has 122 valence electrons. The van der Waals surface area contributed by atoms with Crippen molar-refractivity contribution in [3.8, 4) is 0 Å². The van der Waals surface area contributed by atoms with Crippen molar-refractivity contribution in [2.24, 2.45) is 11.8 Å². The number of rotatable bonds is 4. The minimum Gasteiger partial charge on any atom is -0.294 e. The maximum atomic E-state index is 11.9. The third-order valence-electron chi connectivity index (χ3n) is 3.63. The van der Waals surface area contributed by atoms with Crippen molar-refractivity contribution in [2.75, 3.05) is 19.6 Å². The first-order valence-electron chi connectivity index (χ1n) is 7.63. The van der Waals surface area contributed by atoms with E-state index in [2.05, 4.69) is 34.6 Å². The van der Waals surface area contributed by atoms with Gasteiger partial charge < -0.3 is 0 Å². The quantitative estimate of drug-likeness (QED) is 0.814. The van der Waals surface area contributed by atoms with Gasteiger partial charge in [-0.1, -0.05) is 13.8 Å². The number of piperidine rings is 1. The van der Waals surface area contributed by atoms with Crippen molar-refractivity contribution >= 4 is 23.2 Å². The Balaban J connectivity index is 1.69. The highest BCUT2D eigenvalue weighted by Gasteiger charge is 2.23. The molecule has 1 saturated heterocycles. The number of aryl methyl sites for hydroxylation is 1. The van der Waals surface area contributed by atoms with E-state index < -0.39 is 0 Å². The highest BCUT2D eigenvalue weighted by atomic mass is 32.1. The molecule has 1 fully saturated rings. The van der Waals surface area contributed by atoms with Crippen LogP contribution in [0.3, 0.4) is 0 Å². The van der Waals surface area contributed by atoms with Gasteiger partial charge in [-0.15, -0.1) is 11.3 Å². The SMILES string of the molecule is Cc1csc(CC(=O)NNC(=O)CN2C[C@H](C)C[C@H](C)C2)n1. The summed E-state index contributed by atoms with van der Waals surface area (Å²) in [5.74, 6) is 0.798. The zero-order valence-electron chi connectivity index (χ0n) is 13.4. The van der Waals surface area contributed by atoms with E-state index in [1.54, 1.807) is 0 Å². The number of aromatic nitrogens is 1. The molecule has 0 spiro atoms. The topological polar surface area (TPSA) is 74.3 Å². The Hall–Kier alpha value is -1.47. The average molecular weight is 324 g/mol. The van der Waals surface area contributed by atoms with Crippen LogP contribution in [0.5, 0.6) is 0 Å². The summed E-state index contributed by atoms with van der Waals surface area (Å²) in [5, 5.41) is 2.66. The summed E-state index contributed by atoms with van der Waals surface area (Å²) in [4.78, 5) is 30.0. The normalized spacial score (nSPS) is 22.3. The van der Waals surface area contributed by atoms with E-state index in [9.17, 15) is 9.59 Å². The summed E-state index contributed by atoms with van der Waals surface area (Å²) in [6, 6.07) is 0. The van der Waals surface area contributed by atoms with E-state index in [1.807, 2.05) is 12.3 Å². The summed E-state index contributed by atoms with van der Waals surface area (Å²) in [7, 11) is 0. The zero-order valence-corrected chi connectivity index (χ0v) is 14.2.